The summed E-state index contributed by atoms with van der Waals surface area (Å²) in [5.41, 5.74) is 2.60. The molecule has 1 aromatic rings. The first kappa shape index (κ1) is 11.6. The summed E-state index contributed by atoms with van der Waals surface area (Å²) >= 11 is 0. The van der Waals surface area contributed by atoms with Crippen molar-refractivity contribution in [1.82, 2.24) is 10.3 Å². The Morgan fingerprint density at radius 2 is 2.31 bits per heavy atom. The molecule has 0 spiro atoms. The Balaban J connectivity index is 1.89. The van der Waals surface area contributed by atoms with E-state index in [0.29, 0.717) is 6.04 Å². The van der Waals surface area contributed by atoms with E-state index in [1.54, 1.807) is 0 Å². The molecule has 2 nitrogen and oxygen atoms in total. The van der Waals surface area contributed by atoms with Crippen molar-refractivity contribution in [2.24, 2.45) is 5.92 Å². The molecule has 1 aliphatic carbocycles. The Morgan fingerprint density at radius 3 is 3.00 bits per heavy atom. The van der Waals surface area contributed by atoms with Crippen molar-refractivity contribution in [3.05, 3.63) is 29.6 Å². The summed E-state index contributed by atoms with van der Waals surface area (Å²) < 4.78 is 0. The van der Waals surface area contributed by atoms with Gasteiger partial charge in [-0.2, -0.15) is 0 Å². The summed E-state index contributed by atoms with van der Waals surface area (Å²) in [5.74, 6) is 0.895. The van der Waals surface area contributed by atoms with Gasteiger partial charge in [-0.1, -0.05) is 19.9 Å². The zero-order chi connectivity index (χ0) is 11.4. The zero-order valence-electron chi connectivity index (χ0n) is 10.4. The van der Waals surface area contributed by atoms with Gasteiger partial charge < -0.3 is 5.32 Å². The van der Waals surface area contributed by atoms with E-state index >= 15 is 0 Å². The third-order valence-electron chi connectivity index (χ3n) is 3.62. The molecule has 1 N–H and O–H groups in total. The van der Waals surface area contributed by atoms with E-state index < -0.39 is 0 Å². The maximum atomic E-state index is 4.47. The van der Waals surface area contributed by atoms with Crippen LogP contribution in [0.2, 0.25) is 0 Å². The maximum absolute atomic E-state index is 4.47. The van der Waals surface area contributed by atoms with Gasteiger partial charge in [-0.25, -0.2) is 0 Å². The molecule has 0 amide bonds. The molecule has 0 aliphatic heterocycles. The van der Waals surface area contributed by atoms with Gasteiger partial charge in [-0.3, -0.25) is 4.98 Å². The average molecular weight is 218 g/mol. The number of aromatic nitrogens is 1. The van der Waals surface area contributed by atoms with Crippen molar-refractivity contribution in [1.29, 1.82) is 0 Å². The van der Waals surface area contributed by atoms with Gasteiger partial charge >= 0.3 is 0 Å². The molecular weight excluding hydrogens is 196 g/mol. The third-order valence-corrected chi connectivity index (χ3v) is 3.62. The Kier molecular flexibility index (Phi) is 3.94. The standard InChI is InChI=1S/C14H22N2/c1-3-12-5-4-8-15-14(12)10-16-13-7-6-11(2)9-13/h4-5,8,11,13,16H,3,6-7,9-10H2,1-2H3. The molecule has 1 aliphatic rings. The fourth-order valence-electron chi connectivity index (χ4n) is 2.59. The van der Waals surface area contributed by atoms with Crippen LogP contribution in [-0.2, 0) is 13.0 Å². The third kappa shape index (κ3) is 2.82. The summed E-state index contributed by atoms with van der Waals surface area (Å²) in [4.78, 5) is 4.47. The second-order valence-corrected chi connectivity index (χ2v) is 4.96. The van der Waals surface area contributed by atoms with Crippen LogP contribution in [0, 0.1) is 5.92 Å². The summed E-state index contributed by atoms with van der Waals surface area (Å²) in [6.07, 6.45) is 7.00. The molecule has 2 rings (SSSR count). The van der Waals surface area contributed by atoms with Crippen LogP contribution in [0.1, 0.15) is 44.4 Å². The molecule has 2 atom stereocenters. The molecule has 0 radical (unpaired) electrons. The van der Waals surface area contributed by atoms with Crippen molar-refractivity contribution in [2.45, 2.75) is 52.1 Å². The van der Waals surface area contributed by atoms with E-state index in [4.69, 9.17) is 0 Å². The number of nitrogens with zero attached hydrogens (tertiary/aromatic N) is 1. The fourth-order valence-corrected chi connectivity index (χ4v) is 2.59. The predicted octanol–water partition coefficient (Wildman–Crippen LogP) is 2.92. The van der Waals surface area contributed by atoms with Crippen molar-refractivity contribution in [3.8, 4) is 0 Å². The predicted molar refractivity (Wildman–Crippen MR) is 67.3 cm³/mol. The monoisotopic (exact) mass is 218 g/mol. The Hall–Kier alpha value is -0.890. The highest BCUT2D eigenvalue weighted by molar-refractivity contribution is 5.19. The van der Waals surface area contributed by atoms with Gasteiger partial charge in [0, 0.05) is 18.8 Å². The van der Waals surface area contributed by atoms with Gasteiger partial charge in [-0.05, 0) is 43.2 Å². The van der Waals surface area contributed by atoms with Crippen molar-refractivity contribution >= 4 is 0 Å². The molecular formula is C14H22N2. The van der Waals surface area contributed by atoms with Gasteiger partial charge in [-0.15, -0.1) is 0 Å². The maximum Gasteiger partial charge on any atom is 0.0573 e. The molecule has 1 saturated carbocycles. The topological polar surface area (TPSA) is 24.9 Å². The van der Waals surface area contributed by atoms with Crippen LogP contribution in [0.15, 0.2) is 18.3 Å². The smallest absolute Gasteiger partial charge is 0.0573 e. The second kappa shape index (κ2) is 5.44. The number of nitrogens with one attached hydrogen (secondary N) is 1. The summed E-state index contributed by atoms with van der Waals surface area (Å²) in [6, 6.07) is 4.92. The SMILES string of the molecule is CCc1cccnc1CNC1CCC(C)C1. The van der Waals surface area contributed by atoms with Crippen LogP contribution < -0.4 is 5.32 Å². The highest BCUT2D eigenvalue weighted by Crippen LogP contribution is 2.24. The summed E-state index contributed by atoms with van der Waals surface area (Å²) in [6.45, 7) is 5.47. The average Bonchev–Trinajstić information content (AvgIpc) is 2.73. The van der Waals surface area contributed by atoms with Gasteiger partial charge in [0.1, 0.15) is 0 Å². The van der Waals surface area contributed by atoms with E-state index in [0.717, 1.165) is 18.9 Å². The minimum atomic E-state index is 0.710. The number of hydrogen-bond donors (Lipinski definition) is 1. The van der Waals surface area contributed by atoms with Gasteiger partial charge in [0.2, 0.25) is 0 Å². The summed E-state index contributed by atoms with van der Waals surface area (Å²) in [7, 11) is 0. The fraction of sp³-hybridized carbons (Fsp3) is 0.643. The lowest BCUT2D eigenvalue weighted by atomic mass is 10.1. The molecule has 0 saturated heterocycles. The highest BCUT2D eigenvalue weighted by atomic mass is 14.9. The molecule has 0 aromatic carbocycles. The van der Waals surface area contributed by atoms with E-state index in [1.165, 1.54) is 30.5 Å². The van der Waals surface area contributed by atoms with Crippen molar-refractivity contribution in [2.75, 3.05) is 0 Å². The van der Waals surface area contributed by atoms with E-state index in [1.807, 2.05) is 12.3 Å². The number of hydrogen-bond acceptors (Lipinski definition) is 2. The van der Waals surface area contributed by atoms with Crippen LogP contribution in [0.5, 0.6) is 0 Å². The number of rotatable bonds is 4. The van der Waals surface area contributed by atoms with Crippen LogP contribution in [0.4, 0.5) is 0 Å². The first-order valence-electron chi connectivity index (χ1n) is 6.45. The Labute approximate surface area is 98.5 Å². The quantitative estimate of drug-likeness (QED) is 0.840. The van der Waals surface area contributed by atoms with Gasteiger partial charge in [0.25, 0.3) is 0 Å². The first-order valence-corrected chi connectivity index (χ1v) is 6.45. The minimum absolute atomic E-state index is 0.710. The first-order chi connectivity index (χ1) is 7.79. The highest BCUT2D eigenvalue weighted by Gasteiger charge is 2.20. The van der Waals surface area contributed by atoms with Crippen LogP contribution >= 0.6 is 0 Å². The number of pyridine rings is 1. The molecule has 1 aromatic heterocycles. The second-order valence-electron chi connectivity index (χ2n) is 4.96. The molecule has 1 heterocycles. The van der Waals surface area contributed by atoms with Crippen LogP contribution in [0.25, 0.3) is 0 Å². The molecule has 1 fully saturated rings. The minimum Gasteiger partial charge on any atom is -0.308 e. The van der Waals surface area contributed by atoms with E-state index in [2.05, 4.69) is 30.2 Å². The van der Waals surface area contributed by atoms with Crippen LogP contribution in [0.3, 0.4) is 0 Å². The van der Waals surface area contributed by atoms with E-state index in [-0.39, 0.29) is 0 Å². The zero-order valence-corrected chi connectivity index (χ0v) is 10.4. The van der Waals surface area contributed by atoms with Crippen molar-refractivity contribution in [3.63, 3.8) is 0 Å². The lowest BCUT2D eigenvalue weighted by Gasteiger charge is -2.13. The molecule has 16 heavy (non-hydrogen) atoms. The van der Waals surface area contributed by atoms with Gasteiger partial charge in [0.05, 0.1) is 5.69 Å². The Bertz CT molecular complexity index is 335. The van der Waals surface area contributed by atoms with Crippen molar-refractivity contribution < 1.29 is 0 Å². The molecule has 0 bridgehead atoms. The number of aryl methyl sites for hydroxylation is 1. The Morgan fingerprint density at radius 1 is 1.44 bits per heavy atom. The van der Waals surface area contributed by atoms with E-state index in [9.17, 15) is 0 Å². The molecule has 88 valence electrons. The largest absolute Gasteiger partial charge is 0.308 e. The lowest BCUT2D eigenvalue weighted by Crippen LogP contribution is -2.26. The van der Waals surface area contributed by atoms with Gasteiger partial charge in [0.15, 0.2) is 0 Å². The van der Waals surface area contributed by atoms with Crippen LogP contribution in [-0.4, -0.2) is 11.0 Å². The lowest BCUT2D eigenvalue weighted by molar-refractivity contribution is 0.497. The normalized spacial score (nSPS) is 24.9. The summed E-state index contributed by atoms with van der Waals surface area (Å²) in [5, 5.41) is 3.64. The molecule has 2 heteroatoms. The molecule has 2 unspecified atom stereocenters.